The van der Waals surface area contributed by atoms with Crippen LogP contribution in [-0.2, 0) is 4.74 Å². The SMILES string of the molecule is CCC.CCC(CO)OC(=N)[C@]12CCCC1NCC2. The van der Waals surface area contributed by atoms with Gasteiger partial charge in [0.05, 0.1) is 12.0 Å². The highest BCUT2D eigenvalue weighted by molar-refractivity contribution is 5.81. The zero-order valence-electron chi connectivity index (χ0n) is 12.7. The Labute approximate surface area is 117 Å². The normalized spacial score (nSPS) is 30.2. The van der Waals surface area contributed by atoms with Gasteiger partial charge in [0.2, 0.25) is 0 Å². The number of aliphatic hydroxyl groups excluding tert-OH is 1. The van der Waals surface area contributed by atoms with E-state index in [-0.39, 0.29) is 18.1 Å². The zero-order chi connectivity index (χ0) is 14.3. The highest BCUT2D eigenvalue weighted by atomic mass is 16.5. The van der Waals surface area contributed by atoms with Crippen molar-refractivity contribution in [1.82, 2.24) is 5.32 Å². The zero-order valence-corrected chi connectivity index (χ0v) is 12.7. The van der Waals surface area contributed by atoms with Crippen molar-refractivity contribution in [2.45, 2.75) is 71.4 Å². The van der Waals surface area contributed by atoms with Crippen molar-refractivity contribution in [3.8, 4) is 0 Å². The molecule has 3 N–H and O–H groups in total. The Morgan fingerprint density at radius 2 is 2.11 bits per heavy atom. The van der Waals surface area contributed by atoms with Gasteiger partial charge in [-0.05, 0) is 32.2 Å². The molecule has 0 spiro atoms. The van der Waals surface area contributed by atoms with Gasteiger partial charge in [-0.15, -0.1) is 0 Å². The lowest BCUT2D eigenvalue weighted by molar-refractivity contribution is 0.0841. The second-order valence-electron chi connectivity index (χ2n) is 5.67. The third-order valence-corrected chi connectivity index (χ3v) is 4.14. The number of hydrogen-bond donors (Lipinski definition) is 3. The van der Waals surface area contributed by atoms with Gasteiger partial charge in [0.25, 0.3) is 0 Å². The topological polar surface area (TPSA) is 65.3 Å². The summed E-state index contributed by atoms with van der Waals surface area (Å²) in [6.07, 6.45) is 6.21. The van der Waals surface area contributed by atoms with Crippen LogP contribution in [0.1, 0.15) is 59.3 Å². The first kappa shape index (κ1) is 16.4. The van der Waals surface area contributed by atoms with Gasteiger partial charge >= 0.3 is 0 Å². The summed E-state index contributed by atoms with van der Waals surface area (Å²) in [5, 5.41) is 20.8. The molecular weight excluding hydrogens is 240 g/mol. The van der Waals surface area contributed by atoms with Crippen LogP contribution >= 0.6 is 0 Å². The quantitative estimate of drug-likeness (QED) is 0.543. The van der Waals surface area contributed by atoms with Crippen LogP contribution in [0.25, 0.3) is 0 Å². The maximum Gasteiger partial charge on any atom is 0.188 e. The van der Waals surface area contributed by atoms with Crippen molar-refractivity contribution in [3.05, 3.63) is 0 Å². The molecule has 1 aliphatic carbocycles. The maximum atomic E-state index is 9.12. The Morgan fingerprint density at radius 3 is 2.68 bits per heavy atom. The van der Waals surface area contributed by atoms with Gasteiger partial charge in [-0.3, -0.25) is 5.41 Å². The van der Waals surface area contributed by atoms with Crippen LogP contribution in [0.15, 0.2) is 0 Å². The van der Waals surface area contributed by atoms with Gasteiger partial charge in [0, 0.05) is 6.04 Å². The van der Waals surface area contributed by atoms with Crippen LogP contribution in [0.4, 0.5) is 0 Å². The van der Waals surface area contributed by atoms with Crippen molar-refractivity contribution in [1.29, 1.82) is 5.41 Å². The lowest BCUT2D eigenvalue weighted by Crippen LogP contribution is -2.41. The molecule has 0 aromatic rings. The van der Waals surface area contributed by atoms with Gasteiger partial charge in [-0.1, -0.05) is 33.6 Å². The molecule has 4 nitrogen and oxygen atoms in total. The number of fused-ring (bicyclic) bond motifs is 1. The van der Waals surface area contributed by atoms with E-state index in [1.54, 1.807) is 0 Å². The molecule has 2 rings (SSSR count). The number of nitrogens with one attached hydrogen (secondary N) is 2. The molecule has 0 aromatic carbocycles. The monoisotopic (exact) mass is 270 g/mol. The predicted molar refractivity (Wildman–Crippen MR) is 78.6 cm³/mol. The Hall–Kier alpha value is -0.610. The van der Waals surface area contributed by atoms with E-state index in [1.165, 1.54) is 12.8 Å². The van der Waals surface area contributed by atoms with E-state index < -0.39 is 0 Å². The largest absolute Gasteiger partial charge is 0.475 e. The lowest BCUT2D eigenvalue weighted by atomic mass is 9.82. The standard InChI is InChI=1S/C12H22N2O2.C3H8/c1-2-9(8-15)16-11(13)12-5-3-4-10(12)14-7-6-12;1-3-2/h9-10,13-15H,2-8H2,1H3;3H2,1-2H3/t9?,10?,12-;/m0./s1. The summed E-state index contributed by atoms with van der Waals surface area (Å²) < 4.78 is 5.63. The highest BCUT2D eigenvalue weighted by Crippen LogP contribution is 2.45. The van der Waals surface area contributed by atoms with Gasteiger partial charge < -0.3 is 15.2 Å². The highest BCUT2D eigenvalue weighted by Gasteiger charge is 2.50. The van der Waals surface area contributed by atoms with Crippen molar-refractivity contribution in [2.75, 3.05) is 13.2 Å². The maximum absolute atomic E-state index is 9.12. The fourth-order valence-corrected chi connectivity index (χ4v) is 3.06. The Balaban J connectivity index is 0.000000550. The molecule has 0 aromatic heterocycles. The van der Waals surface area contributed by atoms with Crippen molar-refractivity contribution >= 4 is 5.90 Å². The smallest absolute Gasteiger partial charge is 0.188 e. The van der Waals surface area contributed by atoms with E-state index in [2.05, 4.69) is 19.2 Å². The minimum atomic E-state index is -0.205. The number of ether oxygens (including phenoxy) is 1. The van der Waals surface area contributed by atoms with Crippen molar-refractivity contribution < 1.29 is 9.84 Å². The van der Waals surface area contributed by atoms with Crippen LogP contribution < -0.4 is 5.32 Å². The van der Waals surface area contributed by atoms with E-state index in [4.69, 9.17) is 15.3 Å². The first-order valence-electron chi connectivity index (χ1n) is 7.74. The molecule has 1 heterocycles. The summed E-state index contributed by atoms with van der Waals surface area (Å²) in [6.45, 7) is 7.23. The summed E-state index contributed by atoms with van der Waals surface area (Å²) in [6, 6.07) is 0.427. The Bertz CT molecular complexity index is 267. The molecule has 2 unspecified atom stereocenters. The van der Waals surface area contributed by atoms with Crippen molar-refractivity contribution in [2.24, 2.45) is 5.41 Å². The Kier molecular flexibility index (Phi) is 6.80. The van der Waals surface area contributed by atoms with E-state index in [1.807, 2.05) is 6.92 Å². The van der Waals surface area contributed by atoms with Crippen LogP contribution in [0.2, 0.25) is 0 Å². The molecule has 1 saturated heterocycles. The molecule has 0 radical (unpaired) electrons. The lowest BCUT2D eigenvalue weighted by Gasteiger charge is -2.31. The predicted octanol–water partition coefficient (Wildman–Crippen LogP) is 2.70. The Morgan fingerprint density at radius 1 is 1.42 bits per heavy atom. The average Bonchev–Trinajstić information content (AvgIpc) is 2.96. The van der Waals surface area contributed by atoms with E-state index in [9.17, 15) is 0 Å². The van der Waals surface area contributed by atoms with Gasteiger partial charge in [0.1, 0.15) is 6.10 Å². The summed E-state index contributed by atoms with van der Waals surface area (Å²) in [7, 11) is 0. The van der Waals surface area contributed by atoms with Crippen LogP contribution in [-0.4, -0.2) is 36.3 Å². The average molecular weight is 270 g/mol. The molecule has 0 amide bonds. The summed E-state index contributed by atoms with van der Waals surface area (Å²) >= 11 is 0. The molecule has 3 atom stereocenters. The van der Waals surface area contributed by atoms with Crippen LogP contribution in [0, 0.1) is 10.8 Å². The number of aliphatic hydroxyl groups is 1. The second-order valence-corrected chi connectivity index (χ2v) is 5.67. The molecule has 0 bridgehead atoms. The molecular formula is C15H30N2O2. The fraction of sp³-hybridized carbons (Fsp3) is 0.933. The minimum absolute atomic E-state index is 0.00700. The van der Waals surface area contributed by atoms with Crippen molar-refractivity contribution in [3.63, 3.8) is 0 Å². The molecule has 112 valence electrons. The van der Waals surface area contributed by atoms with Gasteiger partial charge in [0.15, 0.2) is 5.90 Å². The summed E-state index contributed by atoms with van der Waals surface area (Å²) in [5.74, 6) is 0.404. The van der Waals surface area contributed by atoms with Crippen LogP contribution in [0.5, 0.6) is 0 Å². The number of rotatable bonds is 4. The second kappa shape index (κ2) is 7.85. The molecule has 2 aliphatic rings. The number of hydrogen-bond acceptors (Lipinski definition) is 4. The molecule has 2 fully saturated rings. The minimum Gasteiger partial charge on any atom is -0.475 e. The molecule has 19 heavy (non-hydrogen) atoms. The first-order valence-corrected chi connectivity index (χ1v) is 7.74. The van der Waals surface area contributed by atoms with Crippen LogP contribution in [0.3, 0.4) is 0 Å². The van der Waals surface area contributed by atoms with Gasteiger partial charge in [-0.25, -0.2) is 0 Å². The fourth-order valence-electron chi connectivity index (χ4n) is 3.06. The molecule has 1 saturated carbocycles. The van der Waals surface area contributed by atoms with E-state index in [0.29, 0.717) is 11.9 Å². The van der Waals surface area contributed by atoms with E-state index in [0.717, 1.165) is 32.2 Å². The summed E-state index contributed by atoms with van der Waals surface area (Å²) in [5.41, 5.74) is -0.0669. The summed E-state index contributed by atoms with van der Waals surface area (Å²) in [4.78, 5) is 0. The molecule has 4 heteroatoms. The third kappa shape index (κ3) is 3.69. The van der Waals surface area contributed by atoms with E-state index >= 15 is 0 Å². The third-order valence-electron chi connectivity index (χ3n) is 4.14. The first-order chi connectivity index (χ1) is 9.14. The van der Waals surface area contributed by atoms with Gasteiger partial charge in [-0.2, -0.15) is 0 Å². The molecule has 1 aliphatic heterocycles.